The van der Waals surface area contributed by atoms with Gasteiger partial charge < -0.3 is 34.9 Å². The SMILES string of the molecule is COc1ccc([C@H](Cc2c(Cl)c[n+]([O-])cc2Cl)c2cc(CNCC(CO)(C(=O)O[C@H]3CN4CCC3CC4)c3ccccc3)sc2C(=O)O)cc1OC. The molecule has 276 valence electrons. The van der Waals surface area contributed by atoms with Crippen LogP contribution in [0, 0.1) is 11.1 Å². The molecule has 3 aliphatic heterocycles. The van der Waals surface area contributed by atoms with E-state index in [0.717, 1.165) is 37.3 Å². The third-order valence-corrected chi connectivity index (χ3v) is 12.0. The van der Waals surface area contributed by atoms with E-state index >= 15 is 0 Å². The van der Waals surface area contributed by atoms with Crippen LogP contribution >= 0.6 is 34.5 Å². The standard InChI is InChI=1S/C38H41Cl2N3O8S/c1-49-32-9-8-24(14-33(32)50-2)27(16-29-30(39)18-43(48)19-31(29)40)28-15-26(52-35(28)36(45)46)17-41-21-38(22-44,25-6-4-3-5-7-25)37(47)51-34-20-42-12-10-23(34)11-13-42/h3-9,14-15,18-19,23,27,34,41,44H,10-13,16-17,20-22H2,1-2H3,(H,45,46)/t27-,34-,38?/m0/s1. The lowest BCUT2D eigenvalue weighted by Crippen LogP contribution is -2.55. The molecular formula is C38H41Cl2N3O8S. The number of fused-ring (bicyclic) bond motifs is 3. The fraction of sp³-hybridized carbons (Fsp3) is 0.395. The molecule has 1 unspecified atom stereocenters. The highest BCUT2D eigenvalue weighted by molar-refractivity contribution is 7.14. The van der Waals surface area contributed by atoms with Crippen LogP contribution in [0.1, 0.15) is 55.6 Å². The Balaban J connectivity index is 1.31. The zero-order valence-electron chi connectivity index (χ0n) is 28.8. The van der Waals surface area contributed by atoms with Gasteiger partial charge in [-0.3, -0.25) is 9.69 Å². The van der Waals surface area contributed by atoms with Crippen LogP contribution < -0.4 is 19.5 Å². The van der Waals surface area contributed by atoms with Crippen molar-refractivity contribution in [2.24, 2.45) is 5.92 Å². The van der Waals surface area contributed by atoms with E-state index in [2.05, 4.69) is 10.2 Å². The Bertz CT molecular complexity index is 1880. The molecule has 0 aliphatic carbocycles. The molecule has 3 N–H and O–H groups in total. The number of piperidine rings is 3. The van der Waals surface area contributed by atoms with E-state index in [0.29, 0.717) is 55.8 Å². The van der Waals surface area contributed by atoms with E-state index in [1.807, 2.05) is 42.5 Å². The first-order valence-electron chi connectivity index (χ1n) is 17.0. The van der Waals surface area contributed by atoms with E-state index in [-0.39, 0.29) is 40.5 Å². The number of ether oxygens (including phenoxy) is 3. The maximum absolute atomic E-state index is 14.0. The fourth-order valence-electron chi connectivity index (χ4n) is 7.33. The number of hydrogen-bond donors (Lipinski definition) is 3. The number of methoxy groups -OCH3 is 2. The zero-order valence-corrected chi connectivity index (χ0v) is 31.2. The summed E-state index contributed by atoms with van der Waals surface area (Å²) in [5, 5.41) is 37.0. The lowest BCUT2D eigenvalue weighted by Gasteiger charge is -2.45. The van der Waals surface area contributed by atoms with Crippen LogP contribution in [0.15, 0.2) is 67.0 Å². The average Bonchev–Trinajstić information content (AvgIpc) is 3.58. The summed E-state index contributed by atoms with van der Waals surface area (Å²) in [5.41, 5.74) is 0.936. The predicted molar refractivity (Wildman–Crippen MR) is 198 cm³/mol. The lowest BCUT2D eigenvalue weighted by atomic mass is 9.80. The van der Waals surface area contributed by atoms with Gasteiger partial charge >= 0.3 is 11.9 Å². The van der Waals surface area contributed by atoms with Crippen molar-refractivity contribution in [2.75, 3.05) is 47.0 Å². The molecule has 52 heavy (non-hydrogen) atoms. The van der Waals surface area contributed by atoms with Gasteiger partial charge in [-0.05, 0) is 73.2 Å². The number of nitrogens with zero attached hydrogens (tertiary/aromatic N) is 2. The third kappa shape index (κ3) is 7.87. The number of carbonyl (C=O) groups excluding carboxylic acids is 1. The minimum atomic E-state index is -1.38. The molecule has 2 aromatic carbocycles. The van der Waals surface area contributed by atoms with Gasteiger partial charge in [0.05, 0.1) is 20.8 Å². The minimum Gasteiger partial charge on any atom is -0.619 e. The minimum absolute atomic E-state index is 0.0482. The Morgan fingerprint density at radius 3 is 2.35 bits per heavy atom. The van der Waals surface area contributed by atoms with Crippen LogP contribution in [-0.4, -0.2) is 80.2 Å². The topological polar surface area (TPSA) is 144 Å². The van der Waals surface area contributed by atoms with Crippen molar-refractivity contribution in [3.05, 3.63) is 114 Å². The van der Waals surface area contributed by atoms with Gasteiger partial charge in [0.15, 0.2) is 23.9 Å². The summed E-state index contributed by atoms with van der Waals surface area (Å²) in [5.74, 6) is -0.934. The molecule has 0 radical (unpaired) electrons. The Hall–Kier alpha value is -3.91. The molecule has 14 heteroatoms. The van der Waals surface area contributed by atoms with Crippen LogP contribution in [0.2, 0.25) is 10.0 Å². The number of pyridine rings is 1. The first kappa shape index (κ1) is 37.8. The van der Waals surface area contributed by atoms with Crippen LogP contribution in [0.5, 0.6) is 11.5 Å². The number of aliphatic hydroxyl groups is 1. The Kier molecular flexibility index (Phi) is 11.9. The van der Waals surface area contributed by atoms with Crippen molar-refractivity contribution >= 4 is 46.5 Å². The van der Waals surface area contributed by atoms with Gasteiger partial charge in [0, 0.05) is 36.0 Å². The Morgan fingerprint density at radius 1 is 1.06 bits per heavy atom. The second kappa shape index (κ2) is 16.4. The molecule has 3 atom stereocenters. The molecular weight excluding hydrogens is 729 g/mol. The van der Waals surface area contributed by atoms with Gasteiger partial charge in [-0.1, -0.05) is 59.6 Å². The van der Waals surface area contributed by atoms with E-state index < -0.39 is 29.9 Å². The van der Waals surface area contributed by atoms with E-state index in [1.54, 1.807) is 12.1 Å². The van der Waals surface area contributed by atoms with Crippen molar-refractivity contribution in [3.8, 4) is 11.5 Å². The zero-order chi connectivity index (χ0) is 37.0. The molecule has 0 spiro atoms. The number of thiophene rings is 1. The van der Waals surface area contributed by atoms with Crippen molar-refractivity contribution < 1.29 is 38.7 Å². The number of carboxylic acids is 1. The van der Waals surface area contributed by atoms with Crippen molar-refractivity contribution in [1.29, 1.82) is 0 Å². The van der Waals surface area contributed by atoms with Gasteiger partial charge in [0.1, 0.15) is 26.4 Å². The molecule has 3 fully saturated rings. The number of aliphatic hydroxyl groups excluding tert-OH is 1. The largest absolute Gasteiger partial charge is 0.619 e. The van der Waals surface area contributed by atoms with Gasteiger partial charge in [-0.15, -0.1) is 11.3 Å². The Labute approximate surface area is 316 Å². The molecule has 3 saturated heterocycles. The number of aromatic carboxylic acids is 1. The normalized spacial score (nSPS) is 19.8. The maximum Gasteiger partial charge on any atom is 0.346 e. The molecule has 4 aromatic rings. The quantitative estimate of drug-likeness (QED) is 0.0813. The molecule has 11 nitrogen and oxygen atoms in total. The lowest BCUT2D eigenvalue weighted by molar-refractivity contribution is -0.605. The van der Waals surface area contributed by atoms with E-state index in [1.165, 1.54) is 26.6 Å². The molecule has 2 bridgehead atoms. The summed E-state index contributed by atoms with van der Waals surface area (Å²) >= 11 is 14.1. The van der Waals surface area contributed by atoms with Gasteiger partial charge in [0.2, 0.25) is 0 Å². The highest BCUT2D eigenvalue weighted by atomic mass is 35.5. The molecule has 0 saturated carbocycles. The number of hydrogen-bond acceptors (Lipinski definition) is 10. The number of nitrogens with one attached hydrogen (secondary N) is 1. The predicted octanol–water partition coefficient (Wildman–Crippen LogP) is 5.44. The highest BCUT2D eigenvalue weighted by Crippen LogP contribution is 2.41. The van der Waals surface area contributed by atoms with Crippen LogP contribution in [0.3, 0.4) is 0 Å². The number of esters is 1. The molecule has 5 heterocycles. The number of benzene rings is 2. The van der Waals surface area contributed by atoms with Gasteiger partial charge in [-0.25, -0.2) is 4.79 Å². The monoisotopic (exact) mass is 769 g/mol. The van der Waals surface area contributed by atoms with Crippen molar-refractivity contribution in [1.82, 2.24) is 10.2 Å². The Morgan fingerprint density at radius 2 is 1.75 bits per heavy atom. The van der Waals surface area contributed by atoms with E-state index in [9.17, 15) is 25.0 Å². The number of aromatic nitrogens is 1. The second-order valence-corrected chi connectivity index (χ2v) is 15.2. The summed E-state index contributed by atoms with van der Waals surface area (Å²) in [6.07, 6.45) is 4.30. The number of halogens is 2. The van der Waals surface area contributed by atoms with Crippen molar-refractivity contribution in [2.45, 2.75) is 43.2 Å². The second-order valence-electron chi connectivity index (χ2n) is 13.3. The van der Waals surface area contributed by atoms with Crippen LogP contribution in [0.25, 0.3) is 0 Å². The molecule has 7 rings (SSSR count). The first-order chi connectivity index (χ1) is 25.1. The van der Waals surface area contributed by atoms with Crippen molar-refractivity contribution in [3.63, 3.8) is 0 Å². The van der Waals surface area contributed by atoms with Gasteiger partial charge in [0.25, 0.3) is 0 Å². The van der Waals surface area contributed by atoms with Gasteiger partial charge in [-0.2, -0.15) is 4.73 Å². The number of carbonyl (C=O) groups is 2. The molecule has 3 aliphatic rings. The highest BCUT2D eigenvalue weighted by Gasteiger charge is 2.45. The van der Waals surface area contributed by atoms with Crippen LogP contribution in [0.4, 0.5) is 0 Å². The fourth-order valence-corrected chi connectivity index (χ4v) is 8.96. The van der Waals surface area contributed by atoms with E-state index in [4.69, 9.17) is 37.4 Å². The average molecular weight is 771 g/mol. The first-order valence-corrected chi connectivity index (χ1v) is 18.6. The summed E-state index contributed by atoms with van der Waals surface area (Å²) in [6.45, 7) is 2.46. The smallest absolute Gasteiger partial charge is 0.346 e. The summed E-state index contributed by atoms with van der Waals surface area (Å²) in [6, 6.07) is 16.3. The summed E-state index contributed by atoms with van der Waals surface area (Å²) in [7, 11) is 3.04. The number of rotatable bonds is 15. The molecule has 2 aromatic heterocycles. The summed E-state index contributed by atoms with van der Waals surface area (Å²) < 4.78 is 17.7. The molecule has 0 amide bonds. The van der Waals surface area contributed by atoms with Crippen LogP contribution in [-0.2, 0) is 27.9 Å². The summed E-state index contributed by atoms with van der Waals surface area (Å²) in [4.78, 5) is 29.9. The maximum atomic E-state index is 14.0. The third-order valence-electron chi connectivity index (χ3n) is 10.2. The number of carboxylic acid groups (broad SMARTS) is 1.